The van der Waals surface area contributed by atoms with Crippen molar-refractivity contribution in [2.45, 2.75) is 56.4 Å². The van der Waals surface area contributed by atoms with E-state index in [1.165, 1.54) is 22.1 Å². The van der Waals surface area contributed by atoms with Gasteiger partial charge >= 0.3 is 0 Å². The number of thiophene rings is 1. The normalized spacial score (nSPS) is 20.0. The Kier molecular flexibility index (Phi) is 6.11. The molecular formula is C22H26N4O5S2. The summed E-state index contributed by atoms with van der Waals surface area (Å²) in [6.45, 7) is 2.62. The Morgan fingerprint density at radius 2 is 2.15 bits per heavy atom. The number of aryl methyl sites for hydroxylation is 1. The fourth-order valence-electron chi connectivity index (χ4n) is 4.23. The summed E-state index contributed by atoms with van der Waals surface area (Å²) in [4.78, 5) is 18.7. The molecule has 1 N–H and O–H groups in total. The van der Waals surface area contributed by atoms with Crippen LogP contribution in [0, 0.1) is 12.8 Å². The van der Waals surface area contributed by atoms with E-state index in [1.54, 1.807) is 31.4 Å². The molecule has 33 heavy (non-hydrogen) atoms. The number of nitrogens with zero attached hydrogens (tertiary/aromatic N) is 3. The maximum atomic E-state index is 13.5. The molecule has 9 nitrogen and oxygen atoms in total. The van der Waals surface area contributed by atoms with Crippen LogP contribution in [-0.4, -0.2) is 41.9 Å². The molecule has 0 unspecified atom stereocenters. The van der Waals surface area contributed by atoms with Crippen molar-refractivity contribution in [3.8, 4) is 10.7 Å². The van der Waals surface area contributed by atoms with Crippen LogP contribution < -0.4 is 5.32 Å². The number of sulfonamides is 1. The Labute approximate surface area is 196 Å². The predicted octanol–water partition coefficient (Wildman–Crippen LogP) is 3.68. The molecule has 1 aliphatic carbocycles. The van der Waals surface area contributed by atoms with Crippen LogP contribution in [0.15, 0.2) is 38.3 Å². The lowest BCUT2D eigenvalue weighted by atomic mass is 9.85. The van der Waals surface area contributed by atoms with Crippen molar-refractivity contribution >= 4 is 27.3 Å². The minimum Gasteiger partial charge on any atom is -0.467 e. The second-order valence-corrected chi connectivity index (χ2v) is 11.8. The van der Waals surface area contributed by atoms with E-state index >= 15 is 0 Å². The molecule has 1 amide bonds. The zero-order valence-corrected chi connectivity index (χ0v) is 20.0. The van der Waals surface area contributed by atoms with E-state index in [2.05, 4.69) is 15.5 Å². The van der Waals surface area contributed by atoms with E-state index in [0.717, 1.165) is 12.8 Å². The Balaban J connectivity index is 1.29. The molecule has 4 heterocycles. The first-order valence-electron chi connectivity index (χ1n) is 11.2. The molecule has 1 atom stereocenters. The molecule has 11 heteroatoms. The molecule has 3 aromatic rings. The van der Waals surface area contributed by atoms with Crippen LogP contribution >= 0.6 is 11.3 Å². The second-order valence-electron chi connectivity index (χ2n) is 8.61. The number of furan rings is 1. The highest BCUT2D eigenvalue weighted by molar-refractivity contribution is 7.89. The third-order valence-corrected chi connectivity index (χ3v) is 9.55. The van der Waals surface area contributed by atoms with E-state index in [4.69, 9.17) is 8.94 Å². The van der Waals surface area contributed by atoms with Gasteiger partial charge in [0.15, 0.2) is 0 Å². The minimum absolute atomic E-state index is 0.158. The van der Waals surface area contributed by atoms with E-state index in [1.807, 2.05) is 0 Å². The van der Waals surface area contributed by atoms with Crippen LogP contribution in [0.4, 0.5) is 0 Å². The molecule has 3 aromatic heterocycles. The van der Waals surface area contributed by atoms with E-state index < -0.39 is 15.9 Å². The first-order valence-corrected chi connectivity index (χ1v) is 13.4. The molecule has 0 aromatic carbocycles. The molecular weight excluding hydrogens is 464 g/mol. The number of hydrogen-bond donors (Lipinski definition) is 1. The summed E-state index contributed by atoms with van der Waals surface area (Å²) in [5.74, 6) is 1.48. The summed E-state index contributed by atoms with van der Waals surface area (Å²) in [6, 6.07) is 5.18. The third-order valence-electron chi connectivity index (χ3n) is 6.38. The van der Waals surface area contributed by atoms with Crippen molar-refractivity contribution in [3.05, 3.63) is 41.0 Å². The number of rotatable bonds is 7. The highest BCUT2D eigenvalue weighted by atomic mass is 32.2. The smallest absolute Gasteiger partial charge is 0.244 e. The van der Waals surface area contributed by atoms with Gasteiger partial charge in [-0.1, -0.05) is 11.6 Å². The van der Waals surface area contributed by atoms with Crippen LogP contribution in [-0.2, 0) is 21.4 Å². The Hall–Kier alpha value is -2.50. The van der Waals surface area contributed by atoms with Crippen LogP contribution in [0.2, 0.25) is 0 Å². The van der Waals surface area contributed by atoms with Crippen molar-refractivity contribution < 1.29 is 22.2 Å². The number of carbonyl (C=O) groups excluding carboxylic acids is 1. The van der Waals surface area contributed by atoms with Crippen LogP contribution in [0.1, 0.15) is 54.6 Å². The SMILES string of the molecule is Cc1sc(-c2noc(C3CCC3)n2)cc1S(=O)(=O)N1CCC[C@H](C(=O)NCc2ccco2)C1. The summed E-state index contributed by atoms with van der Waals surface area (Å²) < 4.78 is 39.0. The first kappa shape index (κ1) is 22.3. The summed E-state index contributed by atoms with van der Waals surface area (Å²) in [5, 5.41) is 6.92. The maximum Gasteiger partial charge on any atom is 0.244 e. The number of carbonyl (C=O) groups is 1. The molecule has 1 saturated carbocycles. The topological polar surface area (TPSA) is 119 Å². The third kappa shape index (κ3) is 4.49. The van der Waals surface area contributed by atoms with Crippen molar-refractivity contribution in [3.63, 3.8) is 0 Å². The van der Waals surface area contributed by atoms with Gasteiger partial charge in [-0.2, -0.15) is 9.29 Å². The number of aromatic nitrogens is 2. The highest BCUT2D eigenvalue weighted by Gasteiger charge is 2.35. The number of amides is 1. The molecule has 2 aliphatic rings. The molecule has 5 rings (SSSR count). The van der Waals surface area contributed by atoms with Gasteiger partial charge in [0.25, 0.3) is 0 Å². The summed E-state index contributed by atoms with van der Waals surface area (Å²) in [6.07, 6.45) is 6.10. The van der Waals surface area contributed by atoms with Crippen LogP contribution in [0.25, 0.3) is 10.7 Å². The van der Waals surface area contributed by atoms with E-state index in [0.29, 0.717) is 52.5 Å². The zero-order valence-electron chi connectivity index (χ0n) is 18.3. The fourth-order valence-corrected chi connectivity index (χ4v) is 7.24. The van der Waals surface area contributed by atoms with Crippen molar-refractivity contribution in [2.24, 2.45) is 5.92 Å². The average Bonchev–Trinajstić information content (AvgIpc) is 3.52. The molecule has 0 bridgehead atoms. The standard InChI is InChI=1S/C22H26N4O5S2/c1-14-19(11-18(32-14)20-24-22(31-25-20)15-5-2-6-15)33(28,29)26-9-3-7-16(13-26)21(27)23-12-17-8-4-10-30-17/h4,8,10-11,15-16H,2-3,5-7,9,12-13H2,1H3,(H,23,27)/t16-/m0/s1. The summed E-state index contributed by atoms with van der Waals surface area (Å²) in [5.41, 5.74) is 0. The van der Waals surface area contributed by atoms with Crippen molar-refractivity contribution in [1.29, 1.82) is 0 Å². The monoisotopic (exact) mass is 490 g/mol. The van der Waals surface area contributed by atoms with Crippen molar-refractivity contribution in [2.75, 3.05) is 13.1 Å². The molecule has 0 spiro atoms. The Morgan fingerprint density at radius 1 is 1.30 bits per heavy atom. The average molecular weight is 491 g/mol. The van der Waals surface area contributed by atoms with Gasteiger partial charge in [0.05, 0.1) is 28.5 Å². The highest BCUT2D eigenvalue weighted by Crippen LogP contribution is 2.38. The van der Waals surface area contributed by atoms with Crippen molar-refractivity contribution in [1.82, 2.24) is 19.8 Å². The molecule has 2 fully saturated rings. The van der Waals surface area contributed by atoms with Gasteiger partial charge in [0, 0.05) is 23.9 Å². The Morgan fingerprint density at radius 3 is 2.88 bits per heavy atom. The first-order chi connectivity index (χ1) is 15.9. The largest absolute Gasteiger partial charge is 0.467 e. The molecule has 176 valence electrons. The van der Waals surface area contributed by atoms with Gasteiger partial charge in [-0.05, 0) is 50.8 Å². The molecule has 1 saturated heterocycles. The predicted molar refractivity (Wildman–Crippen MR) is 121 cm³/mol. The molecule has 0 radical (unpaired) electrons. The molecule has 1 aliphatic heterocycles. The van der Waals surface area contributed by atoms with Gasteiger partial charge < -0.3 is 14.3 Å². The summed E-state index contributed by atoms with van der Waals surface area (Å²) >= 11 is 1.34. The quantitative estimate of drug-likeness (QED) is 0.536. The second kappa shape index (κ2) is 9.03. The zero-order chi connectivity index (χ0) is 23.0. The summed E-state index contributed by atoms with van der Waals surface area (Å²) in [7, 11) is -3.75. The van der Waals surface area contributed by atoms with Crippen LogP contribution in [0.3, 0.4) is 0 Å². The Bertz CT molecular complexity index is 1230. The number of hydrogen-bond acceptors (Lipinski definition) is 8. The maximum absolute atomic E-state index is 13.5. The lowest BCUT2D eigenvalue weighted by Crippen LogP contribution is -2.45. The lowest BCUT2D eigenvalue weighted by molar-refractivity contribution is -0.126. The number of piperidine rings is 1. The van der Waals surface area contributed by atoms with Gasteiger partial charge in [-0.25, -0.2) is 8.42 Å². The van der Waals surface area contributed by atoms with Gasteiger partial charge in [0.2, 0.25) is 27.6 Å². The fraction of sp³-hybridized carbons (Fsp3) is 0.500. The van der Waals surface area contributed by atoms with Gasteiger partial charge in [-0.15, -0.1) is 11.3 Å². The lowest BCUT2D eigenvalue weighted by Gasteiger charge is -2.31. The number of nitrogens with one attached hydrogen (secondary N) is 1. The van der Waals surface area contributed by atoms with E-state index in [-0.39, 0.29) is 23.9 Å². The van der Waals surface area contributed by atoms with Gasteiger partial charge in [-0.3, -0.25) is 4.79 Å². The van der Waals surface area contributed by atoms with Crippen LogP contribution in [0.5, 0.6) is 0 Å². The minimum atomic E-state index is -3.75. The van der Waals surface area contributed by atoms with E-state index in [9.17, 15) is 13.2 Å². The van der Waals surface area contributed by atoms with Gasteiger partial charge in [0.1, 0.15) is 5.76 Å².